The number of ether oxygens (including phenoxy) is 2. The molecule has 0 saturated carbocycles. The van der Waals surface area contributed by atoms with Crippen LogP contribution >= 0.6 is 11.6 Å². The van der Waals surface area contributed by atoms with Gasteiger partial charge in [-0.3, -0.25) is 0 Å². The Morgan fingerprint density at radius 1 is 1.28 bits per heavy atom. The molecule has 1 fully saturated rings. The average molecular weight is 469 g/mol. The van der Waals surface area contributed by atoms with E-state index in [0.717, 1.165) is 17.5 Å². The number of methoxy groups -OCH3 is 1. The van der Waals surface area contributed by atoms with E-state index < -0.39 is 11.7 Å². The smallest absolute Gasteiger partial charge is 0.383 e. The van der Waals surface area contributed by atoms with Crippen LogP contribution in [0.5, 0.6) is 0 Å². The van der Waals surface area contributed by atoms with Gasteiger partial charge in [-0.25, -0.2) is 9.97 Å². The molecule has 0 spiro atoms. The predicted octanol–water partition coefficient (Wildman–Crippen LogP) is 4.91. The molecule has 0 bridgehead atoms. The van der Waals surface area contributed by atoms with Crippen molar-refractivity contribution in [3.8, 4) is 0 Å². The van der Waals surface area contributed by atoms with Gasteiger partial charge in [0.25, 0.3) is 0 Å². The molecule has 0 aliphatic carbocycles. The minimum atomic E-state index is -4.47. The first-order valence-corrected chi connectivity index (χ1v) is 10.6. The van der Waals surface area contributed by atoms with Crippen molar-refractivity contribution in [2.45, 2.75) is 50.8 Å². The molecule has 2 aromatic heterocycles. The minimum absolute atomic E-state index is 0.0447. The Morgan fingerprint density at radius 2 is 2.03 bits per heavy atom. The molecule has 0 amide bonds. The van der Waals surface area contributed by atoms with Crippen LogP contribution in [0.15, 0.2) is 36.8 Å². The summed E-state index contributed by atoms with van der Waals surface area (Å²) in [5.74, 6) is 0.00680. The highest BCUT2D eigenvalue weighted by atomic mass is 35.5. The third kappa shape index (κ3) is 4.16. The van der Waals surface area contributed by atoms with Crippen molar-refractivity contribution in [3.63, 3.8) is 0 Å². The Hall–Kier alpha value is -2.36. The van der Waals surface area contributed by atoms with Gasteiger partial charge in [-0.15, -0.1) is 0 Å². The summed E-state index contributed by atoms with van der Waals surface area (Å²) in [6.07, 6.45) is -2.14. The Bertz CT molecular complexity index is 1120. The van der Waals surface area contributed by atoms with Crippen LogP contribution < -0.4 is 5.73 Å². The van der Waals surface area contributed by atoms with E-state index in [1.54, 1.807) is 13.2 Å². The van der Waals surface area contributed by atoms with Crippen LogP contribution in [0.4, 0.5) is 19.0 Å². The van der Waals surface area contributed by atoms with Crippen LogP contribution in [0.2, 0.25) is 5.02 Å². The summed E-state index contributed by atoms with van der Waals surface area (Å²) in [4.78, 5) is 8.31. The fourth-order valence-electron chi connectivity index (χ4n) is 4.61. The lowest BCUT2D eigenvalue weighted by molar-refractivity contribution is -0.137. The molecule has 3 heterocycles. The van der Waals surface area contributed by atoms with Gasteiger partial charge in [-0.05, 0) is 29.8 Å². The second-order valence-corrected chi connectivity index (χ2v) is 8.66. The van der Waals surface area contributed by atoms with E-state index in [2.05, 4.69) is 9.97 Å². The van der Waals surface area contributed by atoms with Crippen molar-refractivity contribution in [1.29, 1.82) is 0 Å². The quantitative estimate of drug-likeness (QED) is 0.576. The van der Waals surface area contributed by atoms with Crippen LogP contribution in [0.25, 0.3) is 11.0 Å². The van der Waals surface area contributed by atoms with Gasteiger partial charge in [0.15, 0.2) is 0 Å². The fraction of sp³-hybridized carbons (Fsp3) is 0.455. The highest BCUT2D eigenvalue weighted by Crippen LogP contribution is 2.40. The van der Waals surface area contributed by atoms with Crippen LogP contribution in [0.3, 0.4) is 0 Å². The van der Waals surface area contributed by atoms with E-state index in [0.29, 0.717) is 23.6 Å². The zero-order chi connectivity index (χ0) is 23.2. The molecule has 10 heteroatoms. The molecular formula is C22H24ClF3N4O2. The lowest BCUT2D eigenvalue weighted by Gasteiger charge is -2.25. The summed E-state index contributed by atoms with van der Waals surface area (Å²) in [5.41, 5.74) is 6.31. The monoisotopic (exact) mass is 468 g/mol. The Labute approximate surface area is 188 Å². The van der Waals surface area contributed by atoms with Crippen LogP contribution in [-0.4, -0.2) is 40.0 Å². The van der Waals surface area contributed by atoms with E-state index in [9.17, 15) is 13.2 Å². The summed E-state index contributed by atoms with van der Waals surface area (Å²) in [7, 11) is 1.61. The number of benzene rings is 1. The number of nitrogens with zero attached hydrogens (tertiary/aromatic N) is 3. The number of nitrogen functional groups attached to an aromatic ring is 1. The molecule has 32 heavy (non-hydrogen) atoms. The molecule has 1 aliphatic heterocycles. The maximum atomic E-state index is 13.3. The SMILES string of the molecule is CO[C@@H]1[C@@H](C)[C@@H]([C@@H](C)c2cc(Cl)cc(C(F)(F)F)c2)O[C@H]1Cn1ccc2c(N)ncnc21. The number of aromatic nitrogens is 3. The van der Waals surface area contributed by atoms with E-state index in [1.807, 2.05) is 30.7 Å². The average Bonchev–Trinajstić information content (AvgIpc) is 3.28. The van der Waals surface area contributed by atoms with Gasteiger partial charge in [0, 0.05) is 30.2 Å². The number of hydrogen-bond acceptors (Lipinski definition) is 5. The molecule has 4 rings (SSSR count). The zero-order valence-electron chi connectivity index (χ0n) is 17.8. The number of anilines is 1. The maximum absolute atomic E-state index is 13.3. The molecule has 1 saturated heterocycles. The maximum Gasteiger partial charge on any atom is 0.416 e. The fourth-order valence-corrected chi connectivity index (χ4v) is 4.85. The third-order valence-corrected chi connectivity index (χ3v) is 6.45. The van der Waals surface area contributed by atoms with Crippen LogP contribution in [-0.2, 0) is 22.2 Å². The first kappa shape index (κ1) is 22.8. The summed E-state index contributed by atoms with van der Waals surface area (Å²) >= 11 is 6.00. The summed E-state index contributed by atoms with van der Waals surface area (Å²) in [6, 6.07) is 5.48. The molecule has 6 nitrogen and oxygen atoms in total. The summed E-state index contributed by atoms with van der Waals surface area (Å²) < 4.78 is 53.9. The first-order chi connectivity index (χ1) is 15.1. The number of alkyl halides is 3. The molecule has 172 valence electrons. The second-order valence-electron chi connectivity index (χ2n) is 8.22. The number of fused-ring (bicyclic) bond motifs is 1. The van der Waals surface area contributed by atoms with Crippen molar-refractivity contribution < 1.29 is 22.6 Å². The molecule has 0 radical (unpaired) electrons. The van der Waals surface area contributed by atoms with E-state index in [-0.39, 0.29) is 35.2 Å². The Morgan fingerprint density at radius 3 is 2.72 bits per heavy atom. The normalized spacial score (nSPS) is 24.8. The number of hydrogen-bond donors (Lipinski definition) is 1. The molecule has 3 aromatic rings. The van der Waals surface area contributed by atoms with Crippen molar-refractivity contribution in [3.05, 3.63) is 52.9 Å². The summed E-state index contributed by atoms with van der Waals surface area (Å²) in [5, 5.41) is 0.791. The van der Waals surface area contributed by atoms with E-state index in [4.69, 9.17) is 26.8 Å². The van der Waals surface area contributed by atoms with Gasteiger partial charge >= 0.3 is 6.18 Å². The minimum Gasteiger partial charge on any atom is -0.383 e. The molecule has 1 aromatic carbocycles. The topological polar surface area (TPSA) is 75.2 Å². The van der Waals surface area contributed by atoms with Gasteiger partial charge in [0.05, 0.1) is 29.7 Å². The Balaban J connectivity index is 1.60. The first-order valence-electron chi connectivity index (χ1n) is 10.2. The lowest BCUT2D eigenvalue weighted by atomic mass is 9.85. The van der Waals surface area contributed by atoms with Crippen LogP contribution in [0.1, 0.15) is 30.9 Å². The highest BCUT2D eigenvalue weighted by Gasteiger charge is 2.45. The van der Waals surface area contributed by atoms with Crippen molar-refractivity contribution in [1.82, 2.24) is 14.5 Å². The Kier molecular flexibility index (Phi) is 6.08. The summed E-state index contributed by atoms with van der Waals surface area (Å²) in [6.45, 7) is 4.29. The predicted molar refractivity (Wildman–Crippen MR) is 115 cm³/mol. The number of rotatable bonds is 5. The van der Waals surface area contributed by atoms with Crippen LogP contribution in [0, 0.1) is 5.92 Å². The van der Waals surface area contributed by atoms with Crippen molar-refractivity contribution in [2.75, 3.05) is 12.8 Å². The molecule has 5 atom stereocenters. The highest BCUT2D eigenvalue weighted by molar-refractivity contribution is 6.30. The van der Waals surface area contributed by atoms with Gasteiger partial charge in [0.1, 0.15) is 23.9 Å². The second kappa shape index (κ2) is 8.53. The van der Waals surface area contributed by atoms with Gasteiger partial charge in [-0.1, -0.05) is 25.4 Å². The van der Waals surface area contributed by atoms with Crippen molar-refractivity contribution in [2.24, 2.45) is 5.92 Å². The van der Waals surface area contributed by atoms with Crippen molar-refractivity contribution >= 4 is 28.5 Å². The molecule has 0 unspecified atom stereocenters. The third-order valence-electron chi connectivity index (χ3n) is 6.24. The lowest BCUT2D eigenvalue weighted by Crippen LogP contribution is -2.31. The largest absolute Gasteiger partial charge is 0.416 e. The molecule has 1 aliphatic rings. The number of halogens is 4. The van der Waals surface area contributed by atoms with Gasteiger partial charge < -0.3 is 19.8 Å². The van der Waals surface area contributed by atoms with Gasteiger partial charge in [0.2, 0.25) is 0 Å². The van der Waals surface area contributed by atoms with Gasteiger partial charge in [-0.2, -0.15) is 13.2 Å². The molecule has 2 N–H and O–H groups in total. The van der Waals surface area contributed by atoms with E-state index in [1.165, 1.54) is 6.33 Å². The standard InChI is InChI=1S/C22H24ClF3N4O2/c1-11(13-6-14(22(24,25)26)8-15(23)7-13)18-12(2)19(31-3)17(32-18)9-30-5-4-16-20(27)28-10-29-21(16)30/h4-8,10-12,17-19H,9H2,1-3H3,(H2,27,28,29)/t11-,12-,17-,18+,19+/m0/s1. The molecular weight excluding hydrogens is 445 g/mol. The number of nitrogens with two attached hydrogens (primary N) is 1. The van der Waals surface area contributed by atoms with E-state index >= 15 is 0 Å². The zero-order valence-corrected chi connectivity index (χ0v) is 18.6.